The molecule has 0 atom stereocenters. The zero-order valence-corrected chi connectivity index (χ0v) is 10.7. The van der Waals surface area contributed by atoms with E-state index in [9.17, 15) is 0 Å². The van der Waals surface area contributed by atoms with Crippen LogP contribution in [0.2, 0.25) is 0 Å². The van der Waals surface area contributed by atoms with E-state index >= 15 is 0 Å². The highest BCUT2D eigenvalue weighted by Gasteiger charge is 2.12. The van der Waals surface area contributed by atoms with Gasteiger partial charge in [0.25, 0.3) is 5.88 Å². The summed E-state index contributed by atoms with van der Waals surface area (Å²) in [6, 6.07) is 9.05. The molecule has 1 aromatic carbocycles. The van der Waals surface area contributed by atoms with E-state index in [-0.39, 0.29) is 12.5 Å². The van der Waals surface area contributed by atoms with Crippen LogP contribution in [0.5, 0.6) is 11.6 Å². The van der Waals surface area contributed by atoms with Crippen LogP contribution in [0, 0.1) is 25.2 Å². The van der Waals surface area contributed by atoms with Crippen molar-refractivity contribution in [3.8, 4) is 17.7 Å². The Morgan fingerprint density at radius 3 is 2.79 bits per heavy atom. The Balaban J connectivity index is 2.38. The zero-order valence-electron chi connectivity index (χ0n) is 10.7. The van der Waals surface area contributed by atoms with Gasteiger partial charge in [0.05, 0.1) is 12.3 Å². The number of nitriles is 1. The Hall–Kier alpha value is -2.45. The topological polar surface area (TPSA) is 79.0 Å². The van der Waals surface area contributed by atoms with Gasteiger partial charge in [-0.1, -0.05) is 12.1 Å². The van der Waals surface area contributed by atoms with E-state index in [1.54, 1.807) is 38.1 Å². The largest absolute Gasteiger partial charge is 0.437 e. The monoisotopic (exact) mass is 255 g/mol. The molecule has 5 nitrogen and oxygen atoms in total. The lowest BCUT2D eigenvalue weighted by Gasteiger charge is -2.09. The number of ether oxygens (including phenoxy) is 1. The molecule has 5 heteroatoms. The van der Waals surface area contributed by atoms with Gasteiger partial charge in [-0.05, 0) is 37.1 Å². The average molecular weight is 255 g/mol. The van der Waals surface area contributed by atoms with Gasteiger partial charge in [-0.15, -0.1) is 5.10 Å². The molecule has 1 aromatic heterocycles. The summed E-state index contributed by atoms with van der Waals surface area (Å²) in [5, 5.41) is 26.1. The van der Waals surface area contributed by atoms with Crippen molar-refractivity contribution in [2.24, 2.45) is 0 Å². The number of aliphatic hydroxyl groups excluding tert-OH is 1. The second kappa shape index (κ2) is 5.46. The summed E-state index contributed by atoms with van der Waals surface area (Å²) in [5.41, 5.74) is 2.56. The summed E-state index contributed by atoms with van der Waals surface area (Å²) < 4.78 is 5.57. The van der Waals surface area contributed by atoms with Crippen molar-refractivity contribution >= 4 is 0 Å². The quantitative estimate of drug-likeness (QED) is 0.909. The van der Waals surface area contributed by atoms with Gasteiger partial charge in [-0.25, -0.2) is 0 Å². The first-order valence-electron chi connectivity index (χ1n) is 5.77. The fourth-order valence-corrected chi connectivity index (χ4v) is 1.61. The molecule has 0 aliphatic rings. The summed E-state index contributed by atoms with van der Waals surface area (Å²) in [6.45, 7) is 3.53. The van der Waals surface area contributed by atoms with E-state index in [0.717, 1.165) is 11.1 Å². The predicted octanol–water partition coefficient (Wildman–Crippen LogP) is 2.25. The van der Waals surface area contributed by atoms with Crippen molar-refractivity contribution in [2.45, 2.75) is 20.5 Å². The number of rotatable bonds is 3. The van der Waals surface area contributed by atoms with Crippen LogP contribution in [-0.4, -0.2) is 15.3 Å². The van der Waals surface area contributed by atoms with Crippen LogP contribution in [0.3, 0.4) is 0 Å². The normalized spacial score (nSPS) is 10.0. The SMILES string of the molecule is Cc1nnc(Oc2cccc(CO)c2)c(C#N)c1C. The van der Waals surface area contributed by atoms with Crippen LogP contribution in [0.1, 0.15) is 22.4 Å². The van der Waals surface area contributed by atoms with Crippen molar-refractivity contribution in [2.75, 3.05) is 0 Å². The van der Waals surface area contributed by atoms with E-state index in [1.165, 1.54) is 0 Å². The lowest BCUT2D eigenvalue weighted by Crippen LogP contribution is -2.00. The lowest BCUT2D eigenvalue weighted by molar-refractivity contribution is 0.281. The number of benzene rings is 1. The summed E-state index contributed by atoms with van der Waals surface area (Å²) in [4.78, 5) is 0. The van der Waals surface area contributed by atoms with Gasteiger partial charge in [-0.3, -0.25) is 0 Å². The number of aryl methyl sites for hydroxylation is 1. The summed E-state index contributed by atoms with van der Waals surface area (Å²) in [7, 11) is 0. The second-order valence-corrected chi connectivity index (χ2v) is 4.11. The molecule has 1 N–H and O–H groups in total. The van der Waals surface area contributed by atoms with Crippen LogP contribution < -0.4 is 4.74 Å². The molecule has 1 heterocycles. The van der Waals surface area contributed by atoms with Crippen LogP contribution in [0.15, 0.2) is 24.3 Å². The molecule has 0 amide bonds. The molecule has 0 saturated heterocycles. The molecule has 19 heavy (non-hydrogen) atoms. The Kier molecular flexibility index (Phi) is 3.74. The van der Waals surface area contributed by atoms with E-state index in [2.05, 4.69) is 16.3 Å². The van der Waals surface area contributed by atoms with E-state index in [4.69, 9.17) is 15.1 Å². The van der Waals surface area contributed by atoms with Gasteiger partial charge in [-0.2, -0.15) is 10.4 Å². The fourth-order valence-electron chi connectivity index (χ4n) is 1.61. The van der Waals surface area contributed by atoms with Crippen molar-refractivity contribution in [1.29, 1.82) is 5.26 Å². The Morgan fingerprint density at radius 2 is 2.11 bits per heavy atom. The van der Waals surface area contributed by atoms with Gasteiger partial charge in [0, 0.05) is 0 Å². The molecule has 0 aliphatic heterocycles. The van der Waals surface area contributed by atoms with Gasteiger partial charge in [0.15, 0.2) is 0 Å². The molecule has 0 unspecified atom stereocenters. The Bertz CT molecular complexity index is 648. The Labute approximate surface area is 111 Å². The predicted molar refractivity (Wildman–Crippen MR) is 68.7 cm³/mol. The van der Waals surface area contributed by atoms with Crippen molar-refractivity contribution in [3.63, 3.8) is 0 Å². The molecular formula is C14H13N3O2. The summed E-state index contributed by atoms with van der Waals surface area (Å²) >= 11 is 0. The number of hydrogen-bond acceptors (Lipinski definition) is 5. The standard InChI is InChI=1S/C14H13N3O2/c1-9-10(2)16-17-14(13(9)7-15)19-12-5-3-4-11(6-12)8-18/h3-6,18H,8H2,1-2H3. The first-order valence-corrected chi connectivity index (χ1v) is 5.77. The third-order valence-corrected chi connectivity index (χ3v) is 2.83. The van der Waals surface area contributed by atoms with E-state index in [1.807, 2.05) is 0 Å². The lowest BCUT2D eigenvalue weighted by atomic mass is 10.1. The number of aliphatic hydroxyl groups is 1. The van der Waals surface area contributed by atoms with Crippen LogP contribution in [0.25, 0.3) is 0 Å². The Morgan fingerprint density at radius 1 is 1.32 bits per heavy atom. The molecule has 0 aliphatic carbocycles. The highest BCUT2D eigenvalue weighted by Crippen LogP contribution is 2.25. The maximum atomic E-state index is 9.16. The molecule has 0 spiro atoms. The van der Waals surface area contributed by atoms with Crippen molar-refractivity contribution in [3.05, 3.63) is 46.6 Å². The number of aromatic nitrogens is 2. The first-order chi connectivity index (χ1) is 9.15. The van der Waals surface area contributed by atoms with Crippen molar-refractivity contribution in [1.82, 2.24) is 10.2 Å². The molecule has 0 bridgehead atoms. The highest BCUT2D eigenvalue weighted by molar-refractivity contribution is 5.46. The van der Waals surface area contributed by atoms with Gasteiger partial charge >= 0.3 is 0 Å². The smallest absolute Gasteiger partial charge is 0.257 e. The molecule has 2 aromatic rings. The van der Waals surface area contributed by atoms with Crippen molar-refractivity contribution < 1.29 is 9.84 Å². The number of hydrogen-bond donors (Lipinski definition) is 1. The third kappa shape index (κ3) is 2.69. The third-order valence-electron chi connectivity index (χ3n) is 2.83. The molecular weight excluding hydrogens is 242 g/mol. The van der Waals surface area contributed by atoms with Crippen LogP contribution >= 0.6 is 0 Å². The second-order valence-electron chi connectivity index (χ2n) is 4.11. The minimum Gasteiger partial charge on any atom is -0.437 e. The van der Waals surface area contributed by atoms with Crippen LogP contribution in [0.4, 0.5) is 0 Å². The minimum atomic E-state index is -0.0685. The molecule has 0 radical (unpaired) electrons. The summed E-state index contributed by atoms with van der Waals surface area (Å²) in [6.07, 6.45) is 0. The van der Waals surface area contributed by atoms with Gasteiger partial charge in [0.1, 0.15) is 17.4 Å². The zero-order chi connectivity index (χ0) is 13.8. The maximum Gasteiger partial charge on any atom is 0.257 e. The van der Waals surface area contributed by atoms with E-state index in [0.29, 0.717) is 17.0 Å². The molecule has 0 saturated carbocycles. The minimum absolute atomic E-state index is 0.0685. The van der Waals surface area contributed by atoms with E-state index < -0.39 is 0 Å². The highest BCUT2D eigenvalue weighted by atomic mass is 16.5. The molecule has 96 valence electrons. The molecule has 0 fully saturated rings. The fraction of sp³-hybridized carbons (Fsp3) is 0.214. The number of nitrogens with zero attached hydrogens (tertiary/aromatic N) is 3. The average Bonchev–Trinajstić information content (AvgIpc) is 2.43. The maximum absolute atomic E-state index is 9.16. The first kappa shape index (κ1) is 13.0. The van der Waals surface area contributed by atoms with Crippen LogP contribution in [-0.2, 0) is 6.61 Å². The van der Waals surface area contributed by atoms with Gasteiger partial charge < -0.3 is 9.84 Å². The summed E-state index contributed by atoms with van der Waals surface area (Å²) in [5.74, 6) is 0.696. The van der Waals surface area contributed by atoms with Gasteiger partial charge in [0.2, 0.25) is 0 Å². The molecule has 2 rings (SSSR count).